The van der Waals surface area contributed by atoms with Crippen LogP contribution in [0.1, 0.15) is 64.6 Å². The van der Waals surface area contributed by atoms with Crippen molar-refractivity contribution in [3.05, 3.63) is 111 Å². The third-order valence-corrected chi connectivity index (χ3v) is 16.4. The Hall–Kier alpha value is -2.69. The van der Waals surface area contributed by atoms with Crippen molar-refractivity contribution in [1.29, 1.82) is 0 Å². The second kappa shape index (κ2) is 12.3. The molecule has 0 aliphatic carbocycles. The molecule has 3 heterocycles. The first-order valence-electron chi connectivity index (χ1n) is 16.2. The topological polar surface area (TPSA) is 41.2 Å². The molecule has 0 bridgehead atoms. The Morgan fingerprint density at radius 1 is 0.936 bits per heavy atom. The van der Waals surface area contributed by atoms with Gasteiger partial charge in [0.05, 0.1) is 18.0 Å². The van der Waals surface area contributed by atoms with Gasteiger partial charge in [0.15, 0.2) is 3.92 Å². The van der Waals surface area contributed by atoms with Gasteiger partial charge in [0.2, 0.25) is 0 Å². The molecule has 5 aromatic rings. The van der Waals surface area contributed by atoms with E-state index < -0.39 is 43.4 Å². The largest absolute Gasteiger partial charge is 0.401 e. The van der Waals surface area contributed by atoms with Gasteiger partial charge in [0, 0.05) is 28.8 Å². The van der Waals surface area contributed by atoms with E-state index in [9.17, 15) is 0 Å². The SMILES string of the molecule is C[C@@H]1Cc2c([nH]c3ccccc23)[C@](c2cnc(Br)s2)(C(C)(C)C)N1CC(F)(F)CO[Si](c1ccccc1)(c1ccccc1)C(C)(C)C. The Morgan fingerprint density at radius 3 is 2.04 bits per heavy atom. The summed E-state index contributed by atoms with van der Waals surface area (Å²) in [6.45, 7) is 13.7. The van der Waals surface area contributed by atoms with Gasteiger partial charge in [-0.25, -0.2) is 13.8 Å². The molecule has 0 radical (unpaired) electrons. The monoisotopic (exact) mass is 735 g/mol. The predicted octanol–water partition coefficient (Wildman–Crippen LogP) is 9.14. The second-order valence-electron chi connectivity index (χ2n) is 15.0. The molecule has 47 heavy (non-hydrogen) atoms. The van der Waals surface area contributed by atoms with Crippen LogP contribution in [0, 0.1) is 5.41 Å². The van der Waals surface area contributed by atoms with Crippen molar-refractivity contribution in [2.75, 3.05) is 13.2 Å². The summed E-state index contributed by atoms with van der Waals surface area (Å²) in [7, 11) is -3.17. The zero-order chi connectivity index (χ0) is 33.8. The molecule has 3 aromatic carbocycles. The van der Waals surface area contributed by atoms with Gasteiger partial charge in [-0.2, -0.15) is 0 Å². The van der Waals surface area contributed by atoms with E-state index in [1.807, 2.05) is 83.9 Å². The zero-order valence-electron chi connectivity index (χ0n) is 28.2. The summed E-state index contributed by atoms with van der Waals surface area (Å²) in [5.41, 5.74) is 1.80. The van der Waals surface area contributed by atoms with Gasteiger partial charge in [-0.05, 0) is 61.7 Å². The van der Waals surface area contributed by atoms with Gasteiger partial charge in [0.25, 0.3) is 14.2 Å². The zero-order valence-corrected chi connectivity index (χ0v) is 31.6. The highest BCUT2D eigenvalue weighted by Crippen LogP contribution is 2.56. The Bertz CT molecular complexity index is 1810. The number of nitrogens with zero attached hydrogens (tertiary/aromatic N) is 2. The summed E-state index contributed by atoms with van der Waals surface area (Å²) in [4.78, 5) is 11.3. The normalized spacial score (nSPS) is 19.7. The fourth-order valence-electron chi connectivity index (χ4n) is 8.01. The summed E-state index contributed by atoms with van der Waals surface area (Å²) in [5, 5.41) is 2.71. The van der Waals surface area contributed by atoms with Crippen molar-refractivity contribution < 1.29 is 13.2 Å². The first kappa shape index (κ1) is 34.2. The highest BCUT2D eigenvalue weighted by molar-refractivity contribution is 9.11. The molecule has 0 fully saturated rings. The van der Waals surface area contributed by atoms with Crippen LogP contribution in [-0.4, -0.2) is 48.3 Å². The van der Waals surface area contributed by atoms with E-state index in [-0.39, 0.29) is 6.04 Å². The van der Waals surface area contributed by atoms with Crippen LogP contribution in [0.4, 0.5) is 8.78 Å². The molecule has 0 saturated carbocycles. The number of para-hydroxylation sites is 1. The number of hydrogen-bond donors (Lipinski definition) is 1. The van der Waals surface area contributed by atoms with Gasteiger partial charge in [-0.3, -0.25) is 4.90 Å². The molecule has 2 aromatic heterocycles. The van der Waals surface area contributed by atoms with Crippen LogP contribution in [0.5, 0.6) is 0 Å². The molecule has 0 saturated heterocycles. The van der Waals surface area contributed by atoms with Crippen LogP contribution in [0.2, 0.25) is 5.04 Å². The van der Waals surface area contributed by atoms with Crippen molar-refractivity contribution >= 4 is 56.9 Å². The standard InChI is InChI=1S/C38H44BrF2N3OSSi/c1-26-22-30-29-20-14-15-21-31(29)43-33(30)38(35(2,3)4,32-23-42-34(39)46-32)44(26)24-37(40,41)25-45-47(36(5,6)7,27-16-10-8-11-17-27)28-18-12-9-13-19-28/h8-21,23,26,43H,22,24-25H2,1-7H3/t26-,38-/m1/s1. The number of aromatic nitrogens is 2. The third kappa shape index (κ3) is 5.76. The molecule has 4 nitrogen and oxygen atoms in total. The maximum Gasteiger partial charge on any atom is 0.282 e. The average Bonchev–Trinajstić information content (AvgIpc) is 3.61. The molecule has 6 rings (SSSR count). The van der Waals surface area contributed by atoms with Gasteiger partial charge in [0.1, 0.15) is 5.54 Å². The summed E-state index contributed by atoms with van der Waals surface area (Å²) in [5.74, 6) is -3.16. The summed E-state index contributed by atoms with van der Waals surface area (Å²) >= 11 is 5.10. The van der Waals surface area contributed by atoms with E-state index >= 15 is 8.78 Å². The number of benzene rings is 3. The van der Waals surface area contributed by atoms with Crippen molar-refractivity contribution in [3.8, 4) is 0 Å². The third-order valence-electron chi connectivity index (χ3n) is 9.88. The maximum atomic E-state index is 17.0. The number of halogens is 3. The van der Waals surface area contributed by atoms with Crippen molar-refractivity contribution in [2.24, 2.45) is 5.41 Å². The van der Waals surface area contributed by atoms with Crippen LogP contribution >= 0.6 is 27.3 Å². The molecule has 1 aliphatic rings. The van der Waals surface area contributed by atoms with Gasteiger partial charge in [-0.15, -0.1) is 11.3 Å². The number of hydrogen-bond acceptors (Lipinski definition) is 4. The smallest absolute Gasteiger partial charge is 0.282 e. The Balaban J connectivity index is 1.47. The Morgan fingerprint density at radius 2 is 1.51 bits per heavy atom. The summed E-state index contributed by atoms with van der Waals surface area (Å²) in [6, 6.07) is 28.1. The van der Waals surface area contributed by atoms with Gasteiger partial charge >= 0.3 is 0 Å². The molecule has 1 N–H and O–H groups in total. The fraction of sp³-hybridized carbons (Fsp3) is 0.395. The van der Waals surface area contributed by atoms with Crippen LogP contribution < -0.4 is 10.4 Å². The molecule has 0 spiro atoms. The summed E-state index contributed by atoms with van der Waals surface area (Å²) in [6.07, 6.45) is 2.51. The number of rotatable bonds is 8. The molecule has 1 aliphatic heterocycles. The predicted molar refractivity (Wildman–Crippen MR) is 197 cm³/mol. The molecule has 2 atom stereocenters. The lowest BCUT2D eigenvalue weighted by Crippen LogP contribution is -2.68. The number of aromatic amines is 1. The Labute approximate surface area is 290 Å². The van der Waals surface area contributed by atoms with E-state index in [1.54, 1.807) is 0 Å². The minimum absolute atomic E-state index is 0.180. The van der Waals surface area contributed by atoms with E-state index in [0.29, 0.717) is 6.42 Å². The number of alkyl halides is 2. The minimum atomic E-state index is -3.17. The number of nitrogens with one attached hydrogen (secondary N) is 1. The number of H-pyrrole nitrogens is 1. The minimum Gasteiger partial charge on any atom is -0.401 e. The van der Waals surface area contributed by atoms with Crippen molar-refractivity contribution in [3.63, 3.8) is 0 Å². The fourth-order valence-corrected chi connectivity index (χ4v) is 14.3. The average molecular weight is 737 g/mol. The van der Waals surface area contributed by atoms with E-state index in [2.05, 4.69) is 86.5 Å². The molecule has 248 valence electrons. The van der Waals surface area contributed by atoms with Crippen LogP contribution in [0.15, 0.2) is 95.0 Å². The lowest BCUT2D eigenvalue weighted by atomic mass is 9.65. The maximum absolute atomic E-state index is 17.0. The summed E-state index contributed by atoms with van der Waals surface area (Å²) < 4.78 is 41.5. The van der Waals surface area contributed by atoms with Crippen LogP contribution in [-0.2, 0) is 16.4 Å². The first-order chi connectivity index (χ1) is 22.1. The molecule has 9 heteroatoms. The van der Waals surface area contributed by atoms with Crippen LogP contribution in [0.25, 0.3) is 10.9 Å². The molecular formula is C38H44BrF2N3OSSi. The van der Waals surface area contributed by atoms with E-state index in [4.69, 9.17) is 4.43 Å². The number of fused-ring (bicyclic) bond motifs is 3. The van der Waals surface area contributed by atoms with Gasteiger partial charge in [-0.1, -0.05) is 120 Å². The van der Waals surface area contributed by atoms with Crippen LogP contribution in [0.3, 0.4) is 0 Å². The second-order valence-corrected chi connectivity index (χ2v) is 21.6. The molecule has 0 amide bonds. The van der Waals surface area contributed by atoms with Crippen molar-refractivity contribution in [1.82, 2.24) is 14.9 Å². The van der Waals surface area contributed by atoms with E-state index in [0.717, 1.165) is 35.8 Å². The number of thiazole rings is 1. The van der Waals surface area contributed by atoms with Crippen molar-refractivity contribution in [2.45, 2.75) is 77.4 Å². The first-order valence-corrected chi connectivity index (χ1v) is 19.7. The molecule has 0 unspecified atom stereocenters. The molecular weight excluding hydrogens is 692 g/mol. The highest BCUT2D eigenvalue weighted by atomic mass is 79.9. The van der Waals surface area contributed by atoms with Gasteiger partial charge < -0.3 is 9.41 Å². The lowest BCUT2D eigenvalue weighted by Gasteiger charge is -2.57. The Kier molecular flexibility index (Phi) is 8.96. The lowest BCUT2D eigenvalue weighted by molar-refractivity contribution is -0.118. The van der Waals surface area contributed by atoms with E-state index in [1.165, 1.54) is 16.9 Å². The quantitative estimate of drug-likeness (QED) is 0.162. The highest BCUT2D eigenvalue weighted by Gasteiger charge is 2.59.